The zero-order valence-corrected chi connectivity index (χ0v) is 23.9. The van der Waals surface area contributed by atoms with Gasteiger partial charge < -0.3 is 30.7 Å². The van der Waals surface area contributed by atoms with Gasteiger partial charge in [0.05, 0.1) is 31.6 Å². The molecule has 0 aromatic carbocycles. The van der Waals surface area contributed by atoms with Gasteiger partial charge in [-0.3, -0.25) is 37.0 Å². The van der Waals surface area contributed by atoms with Gasteiger partial charge in [-0.25, -0.2) is 28.5 Å². The topological polar surface area (TPSA) is 276 Å². The molecule has 3 aliphatic rings. The number of pyridine rings is 1. The number of aromatic amines is 1. The van der Waals surface area contributed by atoms with E-state index in [0.29, 0.717) is 16.9 Å². The number of ether oxygens (including phenoxy) is 2. The molecule has 7 rings (SSSR count). The third-order valence-corrected chi connectivity index (χ3v) is 9.30. The number of nitrogens with zero attached hydrogens (tertiary/aromatic N) is 6. The molecule has 0 radical (unpaired) electrons. The average Bonchev–Trinajstić information content (AvgIpc) is 3.72. The maximum Gasteiger partial charge on any atom is 0.472 e. The summed E-state index contributed by atoms with van der Waals surface area (Å²) in [4.78, 5) is 52.1. The molecule has 0 spiro atoms. The number of phosphoric acid groups is 2. The molecule has 0 saturated carbocycles. The molecule has 44 heavy (non-hydrogen) atoms. The van der Waals surface area contributed by atoms with E-state index in [4.69, 9.17) is 39.0 Å². The van der Waals surface area contributed by atoms with Gasteiger partial charge in [0.15, 0.2) is 29.2 Å². The maximum atomic E-state index is 15.7. The number of aromatic nitrogens is 7. The van der Waals surface area contributed by atoms with Gasteiger partial charge in [-0.05, 0) is 6.07 Å². The number of halogens is 1. The van der Waals surface area contributed by atoms with Crippen LogP contribution in [0.2, 0.25) is 0 Å². The van der Waals surface area contributed by atoms with Gasteiger partial charge >= 0.3 is 15.6 Å². The van der Waals surface area contributed by atoms with Crippen molar-refractivity contribution < 1.29 is 50.9 Å². The van der Waals surface area contributed by atoms with Crippen LogP contribution in [0.4, 0.5) is 16.0 Å². The number of rotatable bonds is 2. The number of hydrogen-bond donors (Lipinski definition) is 5. The Kier molecular flexibility index (Phi) is 7.09. The summed E-state index contributed by atoms with van der Waals surface area (Å²) < 4.78 is 76.9. The van der Waals surface area contributed by atoms with Crippen LogP contribution in [0, 0.1) is 0 Å². The molecule has 4 aromatic rings. The molecule has 4 aromatic heterocycles. The quantitative estimate of drug-likeness (QED) is 0.181. The van der Waals surface area contributed by atoms with Crippen molar-refractivity contribution in [2.45, 2.75) is 49.5 Å². The zero-order chi connectivity index (χ0) is 31.0. The molecule has 3 aliphatic heterocycles. The zero-order valence-electron chi connectivity index (χ0n) is 22.2. The fraction of sp³-hybridized carbons (Fsp3) is 0.476. The van der Waals surface area contributed by atoms with E-state index < -0.39 is 77.5 Å². The number of imidazole rings is 2. The van der Waals surface area contributed by atoms with Crippen molar-refractivity contribution in [2.75, 3.05) is 24.7 Å². The summed E-state index contributed by atoms with van der Waals surface area (Å²) in [6.07, 6.45) is -6.73. The Hall–Kier alpha value is -3.36. The van der Waals surface area contributed by atoms with Gasteiger partial charge in [-0.2, -0.15) is 4.98 Å². The minimum absolute atomic E-state index is 0.0697. The largest absolute Gasteiger partial charge is 0.472 e. The molecule has 20 nitrogen and oxygen atoms in total. The number of nitrogen functional groups attached to an aromatic ring is 2. The van der Waals surface area contributed by atoms with E-state index in [1.54, 1.807) is 6.07 Å². The van der Waals surface area contributed by atoms with E-state index in [-0.39, 0.29) is 23.5 Å². The minimum atomic E-state index is -5.08. The number of anilines is 2. The summed E-state index contributed by atoms with van der Waals surface area (Å²) in [6.45, 7) is -1.54. The van der Waals surface area contributed by atoms with Crippen molar-refractivity contribution in [1.82, 2.24) is 34.1 Å². The van der Waals surface area contributed by atoms with E-state index >= 15 is 4.39 Å². The Morgan fingerprint density at radius 3 is 2.43 bits per heavy atom. The van der Waals surface area contributed by atoms with Crippen molar-refractivity contribution in [2.24, 2.45) is 0 Å². The number of alkyl halides is 1. The highest BCUT2D eigenvalue weighted by atomic mass is 31.2. The Morgan fingerprint density at radius 2 is 1.64 bits per heavy atom. The second kappa shape index (κ2) is 10.6. The molecule has 3 saturated heterocycles. The molecular weight excluding hydrogens is 635 g/mol. The van der Waals surface area contributed by atoms with Crippen LogP contribution >= 0.6 is 15.6 Å². The normalized spacial score (nSPS) is 36.6. The highest BCUT2D eigenvalue weighted by molar-refractivity contribution is 7.47. The molecule has 9 atom stereocenters. The predicted molar refractivity (Wildman–Crippen MR) is 143 cm³/mol. The number of nitrogens with two attached hydrogens (primary N) is 2. The number of nitrogens with one attached hydrogen (secondary N) is 1. The van der Waals surface area contributed by atoms with Crippen molar-refractivity contribution in [3.8, 4) is 0 Å². The van der Waals surface area contributed by atoms with Crippen LogP contribution in [0.3, 0.4) is 0 Å². The monoisotopic (exact) mass is 659 g/mol. The summed E-state index contributed by atoms with van der Waals surface area (Å²) in [5, 5.41) is 0. The average molecular weight is 659 g/mol. The number of phosphoric ester groups is 2. The van der Waals surface area contributed by atoms with E-state index in [9.17, 15) is 23.7 Å². The van der Waals surface area contributed by atoms with Crippen molar-refractivity contribution >= 4 is 49.6 Å². The van der Waals surface area contributed by atoms with Gasteiger partial charge in [0, 0.05) is 12.6 Å². The summed E-state index contributed by atoms with van der Waals surface area (Å²) in [7, 11) is -10.00. The lowest BCUT2D eigenvalue weighted by molar-refractivity contribution is -0.0668. The van der Waals surface area contributed by atoms with Crippen molar-refractivity contribution in [1.29, 1.82) is 0 Å². The molecule has 0 amide bonds. The van der Waals surface area contributed by atoms with E-state index in [1.807, 2.05) is 0 Å². The Balaban J connectivity index is 1.19. The van der Waals surface area contributed by atoms with E-state index in [1.165, 1.54) is 17.1 Å². The molecule has 236 valence electrons. The molecule has 7 N–H and O–H groups in total. The summed E-state index contributed by atoms with van der Waals surface area (Å²) in [5.74, 6) is -0.291. The molecule has 4 unspecified atom stereocenters. The van der Waals surface area contributed by atoms with Gasteiger partial charge in [-0.15, -0.1) is 0 Å². The van der Waals surface area contributed by atoms with Crippen LogP contribution < -0.4 is 17.0 Å². The summed E-state index contributed by atoms with van der Waals surface area (Å²) >= 11 is 0. The third-order valence-electron chi connectivity index (χ3n) is 7.30. The Morgan fingerprint density at radius 1 is 0.932 bits per heavy atom. The predicted octanol–water partition coefficient (Wildman–Crippen LogP) is 0.270. The molecule has 23 heteroatoms. The lowest BCUT2D eigenvalue weighted by Gasteiger charge is -2.25. The smallest absolute Gasteiger partial charge is 0.397 e. The van der Waals surface area contributed by atoms with Crippen LogP contribution in [0.1, 0.15) is 18.9 Å². The molecule has 0 aliphatic carbocycles. The third kappa shape index (κ3) is 5.20. The maximum absolute atomic E-state index is 15.7. The second-order valence-electron chi connectivity index (χ2n) is 10.1. The number of H-pyrrole nitrogens is 1. The van der Waals surface area contributed by atoms with Crippen LogP contribution in [0.15, 0.2) is 29.7 Å². The van der Waals surface area contributed by atoms with Crippen LogP contribution in [0.5, 0.6) is 0 Å². The van der Waals surface area contributed by atoms with E-state index in [0.717, 1.165) is 10.9 Å². The first-order valence-electron chi connectivity index (χ1n) is 12.9. The highest BCUT2D eigenvalue weighted by Crippen LogP contribution is 2.54. The summed E-state index contributed by atoms with van der Waals surface area (Å²) in [6, 6.07) is 1.56. The molecule has 3 fully saturated rings. The second-order valence-corrected chi connectivity index (χ2v) is 12.9. The lowest BCUT2D eigenvalue weighted by Crippen LogP contribution is -2.32. The van der Waals surface area contributed by atoms with Gasteiger partial charge in [0.2, 0.25) is 5.95 Å². The molecular formula is C21H24FN9O11P2. The van der Waals surface area contributed by atoms with Gasteiger partial charge in [0.25, 0.3) is 5.56 Å². The van der Waals surface area contributed by atoms with Crippen molar-refractivity contribution in [3.63, 3.8) is 0 Å². The first-order chi connectivity index (χ1) is 20.9. The van der Waals surface area contributed by atoms with Gasteiger partial charge in [-0.1, -0.05) is 0 Å². The Labute approximate surface area is 244 Å². The fourth-order valence-corrected chi connectivity index (χ4v) is 7.20. The summed E-state index contributed by atoms with van der Waals surface area (Å²) in [5.41, 5.74) is 11.6. The first kappa shape index (κ1) is 29.4. The van der Waals surface area contributed by atoms with E-state index in [2.05, 4.69) is 24.9 Å². The van der Waals surface area contributed by atoms with Crippen molar-refractivity contribution in [3.05, 3.63) is 35.3 Å². The van der Waals surface area contributed by atoms with Crippen LogP contribution in [0.25, 0.3) is 22.3 Å². The number of fused-ring (bicyclic) bond motifs is 5. The molecule has 7 heterocycles. The SMILES string of the molecule is Nc1nc2c(ncn2[C@@H]2O[C@@H]3COP(=O)(O)OC4C[C@H](n5cnc6c(N)ccnc65)O[C@@H]4COP(=O)(O)O[C@H]2C3F)c(=O)[nH]1. The van der Waals surface area contributed by atoms with Crippen LogP contribution in [-0.4, -0.2) is 87.6 Å². The number of hydrogen-bond acceptors (Lipinski definition) is 15. The Bertz CT molecular complexity index is 1900. The van der Waals surface area contributed by atoms with Crippen LogP contribution in [-0.2, 0) is 36.7 Å². The molecule has 2 bridgehead atoms. The standard InChI is InChI=1S/C21H24FN9O11P2/c22-13-11-5-38-43(33,34)41-9-3-12(30-6-26-14-8(23)1-2-25-17(14)30)39-10(9)4-37-44(35,36)42-16(13)20(40-11)31-7-27-15-18(31)28-21(24)29-19(15)32/h1-2,6-7,9-13,16,20H,3-5H2,(H2,23,25)(H,33,34)(H,35,36)(H3,24,28,29,32)/t9?,10-,11-,12-,13?,16+,20-/m1/s1. The fourth-order valence-electron chi connectivity index (χ4n) is 5.31. The minimum Gasteiger partial charge on any atom is -0.397 e. The first-order valence-corrected chi connectivity index (χ1v) is 15.9. The lowest BCUT2D eigenvalue weighted by atomic mass is 10.1. The van der Waals surface area contributed by atoms with Gasteiger partial charge in [0.1, 0.15) is 36.2 Å². The highest BCUT2D eigenvalue weighted by Gasteiger charge is 2.53.